The lowest BCUT2D eigenvalue weighted by molar-refractivity contribution is -0.169. The highest BCUT2D eigenvalue weighted by Crippen LogP contribution is 2.28. The van der Waals surface area contributed by atoms with Gasteiger partial charge in [-0.15, -0.1) is 0 Å². The summed E-state index contributed by atoms with van der Waals surface area (Å²) in [6.45, 7) is 8.97. The normalized spacial score (nSPS) is 15.4. The lowest BCUT2D eigenvalue weighted by Gasteiger charge is -2.32. The molecular formula is C14H26O6S. The minimum absolute atomic E-state index is 0.0512. The Kier molecular flexibility index (Phi) is 9.65. The van der Waals surface area contributed by atoms with E-state index in [1.807, 2.05) is 20.8 Å². The van der Waals surface area contributed by atoms with Crippen LogP contribution >= 0.6 is 12.0 Å². The van der Waals surface area contributed by atoms with Crippen LogP contribution in [0.5, 0.6) is 0 Å². The summed E-state index contributed by atoms with van der Waals surface area (Å²) in [6.07, 6.45) is 1.45. The fourth-order valence-corrected chi connectivity index (χ4v) is 1.92. The topological polar surface area (TPSA) is 71.1 Å². The summed E-state index contributed by atoms with van der Waals surface area (Å²) in [5, 5.41) is 0. The fraction of sp³-hybridized carbons (Fsp3) is 0.857. The third kappa shape index (κ3) is 10.6. The smallest absolute Gasteiger partial charge is 0.304 e. The fourth-order valence-electron chi connectivity index (χ4n) is 1.59. The Bertz CT molecular complexity index is 333. The first-order chi connectivity index (χ1) is 9.68. The molecule has 7 heteroatoms. The molecule has 2 atom stereocenters. The van der Waals surface area contributed by atoms with Gasteiger partial charge in [-0.05, 0) is 25.9 Å². The molecule has 0 aromatic rings. The molecule has 6 nitrogen and oxygen atoms in total. The highest BCUT2D eigenvalue weighted by Gasteiger charge is 2.32. The molecule has 0 amide bonds. The molecule has 0 aliphatic rings. The molecule has 0 aliphatic carbocycles. The summed E-state index contributed by atoms with van der Waals surface area (Å²) in [4.78, 5) is 22.2. The summed E-state index contributed by atoms with van der Waals surface area (Å²) in [6, 6.07) is 0. The van der Waals surface area contributed by atoms with Crippen molar-refractivity contribution >= 4 is 24.0 Å². The Balaban J connectivity index is 4.79. The van der Waals surface area contributed by atoms with Gasteiger partial charge in [-0.2, -0.15) is 0 Å². The molecule has 0 aromatic carbocycles. The molecule has 0 N–H and O–H groups in total. The first-order valence-corrected chi connectivity index (χ1v) is 7.95. The maximum absolute atomic E-state index is 11.1. The third-order valence-corrected chi connectivity index (χ3v) is 2.96. The van der Waals surface area contributed by atoms with Gasteiger partial charge in [0, 0.05) is 31.9 Å². The molecule has 0 rings (SSSR count). The van der Waals surface area contributed by atoms with Crippen molar-refractivity contribution in [2.75, 3.05) is 19.5 Å². The van der Waals surface area contributed by atoms with Crippen LogP contribution in [0.3, 0.4) is 0 Å². The second kappa shape index (κ2) is 10.0. The van der Waals surface area contributed by atoms with Crippen LogP contribution in [0.15, 0.2) is 0 Å². The molecule has 0 heterocycles. The number of rotatable bonds is 10. The van der Waals surface area contributed by atoms with Crippen LogP contribution in [0.4, 0.5) is 0 Å². The van der Waals surface area contributed by atoms with E-state index in [1.165, 1.54) is 13.8 Å². The first-order valence-electron chi connectivity index (χ1n) is 6.80. The van der Waals surface area contributed by atoms with E-state index in [-0.39, 0.29) is 18.7 Å². The molecular weight excluding hydrogens is 296 g/mol. The predicted octanol–water partition coefficient (Wildman–Crippen LogP) is 2.55. The van der Waals surface area contributed by atoms with Crippen molar-refractivity contribution in [3.05, 3.63) is 0 Å². The SMILES string of the molecule is CSOC(CC(C)(COC(C)=O)COC(C)C)OC(C)=O. The lowest BCUT2D eigenvalue weighted by Crippen LogP contribution is -2.36. The van der Waals surface area contributed by atoms with Crippen molar-refractivity contribution in [2.45, 2.75) is 53.4 Å². The van der Waals surface area contributed by atoms with E-state index in [4.69, 9.17) is 18.4 Å². The summed E-state index contributed by atoms with van der Waals surface area (Å²) in [7, 11) is 0. The van der Waals surface area contributed by atoms with Gasteiger partial charge in [0.05, 0.1) is 19.3 Å². The van der Waals surface area contributed by atoms with E-state index in [2.05, 4.69) is 0 Å². The monoisotopic (exact) mass is 322 g/mol. The molecule has 0 spiro atoms. The lowest BCUT2D eigenvalue weighted by atomic mass is 9.88. The Morgan fingerprint density at radius 1 is 1.14 bits per heavy atom. The molecule has 0 aromatic heterocycles. The molecule has 0 radical (unpaired) electrons. The Hall–Kier alpha value is -0.790. The zero-order chi connectivity index (χ0) is 16.5. The summed E-state index contributed by atoms with van der Waals surface area (Å²) < 4.78 is 21.2. The summed E-state index contributed by atoms with van der Waals surface area (Å²) in [5.41, 5.74) is -0.508. The number of hydrogen-bond acceptors (Lipinski definition) is 7. The van der Waals surface area contributed by atoms with Gasteiger partial charge in [-0.25, -0.2) is 0 Å². The van der Waals surface area contributed by atoms with E-state index < -0.39 is 17.7 Å². The Morgan fingerprint density at radius 2 is 1.76 bits per heavy atom. The molecule has 124 valence electrons. The number of esters is 2. The van der Waals surface area contributed by atoms with Gasteiger partial charge >= 0.3 is 11.9 Å². The average Bonchev–Trinajstić information content (AvgIpc) is 2.34. The van der Waals surface area contributed by atoms with Gasteiger partial charge in [0.1, 0.15) is 0 Å². The minimum atomic E-state index is -0.714. The molecule has 0 fully saturated rings. The molecule has 2 unspecified atom stereocenters. The van der Waals surface area contributed by atoms with E-state index in [1.54, 1.807) is 6.26 Å². The highest BCUT2D eigenvalue weighted by atomic mass is 32.2. The maximum Gasteiger partial charge on any atom is 0.304 e. The quantitative estimate of drug-likeness (QED) is 0.348. The number of carbonyl (C=O) groups is 2. The molecule has 0 aliphatic heterocycles. The number of ether oxygens (including phenoxy) is 3. The molecule has 0 bridgehead atoms. The van der Waals surface area contributed by atoms with Gasteiger partial charge < -0.3 is 14.2 Å². The van der Waals surface area contributed by atoms with Gasteiger partial charge in [0.15, 0.2) is 0 Å². The van der Waals surface area contributed by atoms with Gasteiger partial charge in [0.2, 0.25) is 6.29 Å². The van der Waals surface area contributed by atoms with Crippen molar-refractivity contribution in [1.82, 2.24) is 0 Å². The number of hydrogen-bond donors (Lipinski definition) is 0. The summed E-state index contributed by atoms with van der Waals surface area (Å²) in [5.74, 6) is -0.783. The first kappa shape index (κ1) is 20.2. The van der Waals surface area contributed by atoms with Crippen molar-refractivity contribution < 1.29 is 28.0 Å². The molecule has 21 heavy (non-hydrogen) atoms. The second-order valence-electron chi connectivity index (χ2n) is 5.46. The molecule has 0 saturated carbocycles. The van der Waals surface area contributed by atoms with Gasteiger partial charge in [0.25, 0.3) is 0 Å². The zero-order valence-corrected chi connectivity index (χ0v) is 14.5. The number of carbonyl (C=O) groups excluding carboxylic acids is 2. The van der Waals surface area contributed by atoms with Gasteiger partial charge in [-0.1, -0.05) is 6.92 Å². The largest absolute Gasteiger partial charge is 0.465 e. The van der Waals surface area contributed by atoms with Crippen LogP contribution < -0.4 is 0 Å². The van der Waals surface area contributed by atoms with Crippen LogP contribution in [-0.2, 0) is 28.0 Å². The van der Waals surface area contributed by atoms with Crippen molar-refractivity contribution in [1.29, 1.82) is 0 Å². The molecule has 0 saturated heterocycles. The average molecular weight is 322 g/mol. The Morgan fingerprint density at radius 3 is 2.19 bits per heavy atom. The van der Waals surface area contributed by atoms with Crippen LogP contribution in [0, 0.1) is 5.41 Å². The van der Waals surface area contributed by atoms with Crippen LogP contribution in [0.1, 0.15) is 41.0 Å². The Labute approximate surface area is 131 Å². The third-order valence-electron chi connectivity index (χ3n) is 2.55. The van der Waals surface area contributed by atoms with Crippen molar-refractivity contribution in [3.63, 3.8) is 0 Å². The van der Waals surface area contributed by atoms with Crippen LogP contribution in [0.2, 0.25) is 0 Å². The van der Waals surface area contributed by atoms with Gasteiger partial charge in [-0.3, -0.25) is 13.8 Å². The van der Waals surface area contributed by atoms with Crippen molar-refractivity contribution in [3.8, 4) is 0 Å². The van der Waals surface area contributed by atoms with E-state index in [0.717, 1.165) is 12.0 Å². The second-order valence-corrected chi connectivity index (χ2v) is 5.98. The van der Waals surface area contributed by atoms with E-state index >= 15 is 0 Å². The van der Waals surface area contributed by atoms with Crippen LogP contribution in [-0.4, -0.2) is 43.8 Å². The van der Waals surface area contributed by atoms with E-state index in [0.29, 0.717) is 13.0 Å². The highest BCUT2D eigenvalue weighted by molar-refractivity contribution is 7.93. The van der Waals surface area contributed by atoms with Crippen LogP contribution in [0.25, 0.3) is 0 Å². The predicted molar refractivity (Wildman–Crippen MR) is 80.6 cm³/mol. The summed E-state index contributed by atoms with van der Waals surface area (Å²) >= 11 is 1.12. The minimum Gasteiger partial charge on any atom is -0.465 e. The maximum atomic E-state index is 11.1. The van der Waals surface area contributed by atoms with E-state index in [9.17, 15) is 9.59 Å². The standard InChI is InChI=1S/C14H26O6S/c1-10(2)17-8-14(5,9-18-11(3)15)7-13(20-21-6)19-12(4)16/h10,13H,7-9H2,1-6H3. The zero-order valence-electron chi connectivity index (χ0n) is 13.6. The van der Waals surface area contributed by atoms with Crippen molar-refractivity contribution in [2.24, 2.45) is 5.41 Å².